The maximum atomic E-state index is 11.0. The number of rotatable bonds is 8. The molecule has 7 nitrogen and oxygen atoms in total. The van der Waals surface area contributed by atoms with E-state index in [4.69, 9.17) is 0 Å². The highest BCUT2D eigenvalue weighted by atomic mass is 16.6. The number of anilines is 2. The SMILES string of the molecule is CCCNc1cc(NCCn2cccn2)cc([N+](=O)[O-])c1. The molecule has 0 saturated carbocycles. The van der Waals surface area contributed by atoms with Crippen LogP contribution < -0.4 is 10.6 Å². The fourth-order valence-electron chi connectivity index (χ4n) is 1.94. The molecule has 0 atom stereocenters. The monoisotopic (exact) mass is 289 g/mol. The summed E-state index contributed by atoms with van der Waals surface area (Å²) in [7, 11) is 0. The van der Waals surface area contributed by atoms with Gasteiger partial charge in [-0.1, -0.05) is 6.92 Å². The normalized spacial score (nSPS) is 10.3. The van der Waals surface area contributed by atoms with Crippen LogP contribution in [0.4, 0.5) is 17.1 Å². The lowest BCUT2D eigenvalue weighted by atomic mass is 10.2. The van der Waals surface area contributed by atoms with E-state index < -0.39 is 0 Å². The van der Waals surface area contributed by atoms with Gasteiger partial charge in [-0.25, -0.2) is 0 Å². The van der Waals surface area contributed by atoms with Gasteiger partial charge in [0, 0.05) is 49.0 Å². The first kappa shape index (κ1) is 14.8. The van der Waals surface area contributed by atoms with Crippen molar-refractivity contribution in [3.05, 3.63) is 46.8 Å². The second kappa shape index (κ2) is 7.28. The summed E-state index contributed by atoms with van der Waals surface area (Å²) >= 11 is 0. The van der Waals surface area contributed by atoms with Gasteiger partial charge in [-0.3, -0.25) is 14.8 Å². The molecule has 0 bridgehead atoms. The molecule has 2 aromatic rings. The molecule has 0 radical (unpaired) electrons. The molecule has 0 amide bonds. The van der Waals surface area contributed by atoms with Crippen LogP contribution in [0, 0.1) is 10.1 Å². The molecule has 2 rings (SSSR count). The zero-order chi connectivity index (χ0) is 15.1. The molecular weight excluding hydrogens is 270 g/mol. The molecule has 7 heteroatoms. The molecule has 112 valence electrons. The van der Waals surface area contributed by atoms with E-state index in [9.17, 15) is 10.1 Å². The number of benzene rings is 1. The summed E-state index contributed by atoms with van der Waals surface area (Å²) in [5.74, 6) is 0. The van der Waals surface area contributed by atoms with Crippen molar-refractivity contribution < 1.29 is 4.92 Å². The summed E-state index contributed by atoms with van der Waals surface area (Å²) < 4.78 is 1.81. The minimum absolute atomic E-state index is 0.0812. The van der Waals surface area contributed by atoms with Gasteiger partial charge < -0.3 is 10.6 Å². The Morgan fingerprint density at radius 1 is 1.24 bits per heavy atom. The average Bonchev–Trinajstić information content (AvgIpc) is 2.98. The van der Waals surface area contributed by atoms with Crippen LogP contribution >= 0.6 is 0 Å². The Hall–Kier alpha value is -2.57. The van der Waals surface area contributed by atoms with Crippen LogP contribution in [0.5, 0.6) is 0 Å². The first-order chi connectivity index (χ1) is 10.2. The number of hydrogen-bond acceptors (Lipinski definition) is 5. The predicted molar refractivity (Wildman–Crippen MR) is 82.6 cm³/mol. The fourth-order valence-corrected chi connectivity index (χ4v) is 1.94. The van der Waals surface area contributed by atoms with E-state index in [1.807, 2.05) is 25.3 Å². The molecule has 2 N–H and O–H groups in total. The summed E-state index contributed by atoms with van der Waals surface area (Å²) in [6.45, 7) is 4.19. The zero-order valence-electron chi connectivity index (χ0n) is 12.0. The number of aromatic nitrogens is 2. The smallest absolute Gasteiger partial charge is 0.273 e. The third-order valence-electron chi connectivity index (χ3n) is 2.94. The first-order valence-electron chi connectivity index (χ1n) is 6.93. The molecule has 0 spiro atoms. The molecule has 0 unspecified atom stereocenters. The minimum Gasteiger partial charge on any atom is -0.385 e. The van der Waals surface area contributed by atoms with E-state index in [2.05, 4.69) is 15.7 Å². The second-order valence-corrected chi connectivity index (χ2v) is 4.65. The Labute approximate surface area is 123 Å². The van der Waals surface area contributed by atoms with Crippen LogP contribution in [0.25, 0.3) is 0 Å². The topological polar surface area (TPSA) is 85.0 Å². The summed E-state index contributed by atoms with van der Waals surface area (Å²) in [6.07, 6.45) is 4.56. The standard InChI is InChI=1S/C14H19N5O2/c1-2-4-15-12-9-13(11-14(10-12)19(20)21)16-6-8-18-7-3-5-17-18/h3,5,7,9-11,15-16H,2,4,6,8H2,1H3. The van der Waals surface area contributed by atoms with Crippen LogP contribution in [-0.2, 0) is 6.54 Å². The van der Waals surface area contributed by atoms with E-state index in [-0.39, 0.29) is 10.6 Å². The lowest BCUT2D eigenvalue weighted by Crippen LogP contribution is -2.11. The quantitative estimate of drug-likeness (QED) is 0.576. The van der Waals surface area contributed by atoms with Crippen molar-refractivity contribution in [1.29, 1.82) is 0 Å². The highest BCUT2D eigenvalue weighted by Crippen LogP contribution is 2.24. The van der Waals surface area contributed by atoms with Crippen molar-refractivity contribution >= 4 is 17.1 Å². The maximum absolute atomic E-state index is 11.0. The molecule has 21 heavy (non-hydrogen) atoms. The number of non-ortho nitro benzene ring substituents is 1. The van der Waals surface area contributed by atoms with Gasteiger partial charge >= 0.3 is 0 Å². The Balaban J connectivity index is 2.02. The number of hydrogen-bond donors (Lipinski definition) is 2. The lowest BCUT2D eigenvalue weighted by Gasteiger charge is -2.10. The molecule has 0 aliphatic carbocycles. The average molecular weight is 289 g/mol. The summed E-state index contributed by atoms with van der Waals surface area (Å²) in [5.41, 5.74) is 1.57. The Bertz CT molecular complexity index is 583. The summed E-state index contributed by atoms with van der Waals surface area (Å²) in [6, 6.07) is 6.83. The van der Waals surface area contributed by atoms with Gasteiger partial charge in [-0.05, 0) is 18.6 Å². The van der Waals surface area contributed by atoms with Gasteiger partial charge in [0.25, 0.3) is 5.69 Å². The molecule has 0 fully saturated rings. The van der Waals surface area contributed by atoms with Gasteiger partial charge in [-0.2, -0.15) is 5.10 Å². The molecule has 1 aromatic heterocycles. The number of nitrogens with zero attached hydrogens (tertiary/aromatic N) is 3. The van der Waals surface area contributed by atoms with E-state index in [1.165, 1.54) is 0 Å². The molecule has 0 saturated heterocycles. The van der Waals surface area contributed by atoms with Crippen molar-refractivity contribution in [3.63, 3.8) is 0 Å². The molecule has 0 aliphatic rings. The number of nitro benzene ring substituents is 1. The van der Waals surface area contributed by atoms with Gasteiger partial charge in [-0.15, -0.1) is 0 Å². The van der Waals surface area contributed by atoms with E-state index in [1.54, 1.807) is 23.0 Å². The Morgan fingerprint density at radius 2 is 1.95 bits per heavy atom. The molecule has 0 aliphatic heterocycles. The predicted octanol–water partition coefficient (Wildman–Crippen LogP) is 2.73. The molecule has 1 aromatic carbocycles. The number of nitro groups is 1. The van der Waals surface area contributed by atoms with Gasteiger partial charge in [0.15, 0.2) is 0 Å². The third kappa shape index (κ3) is 4.48. The summed E-state index contributed by atoms with van der Waals surface area (Å²) in [4.78, 5) is 10.6. The van der Waals surface area contributed by atoms with Crippen LogP contribution in [0.15, 0.2) is 36.7 Å². The maximum Gasteiger partial charge on any atom is 0.273 e. The highest BCUT2D eigenvalue weighted by Gasteiger charge is 2.09. The van der Waals surface area contributed by atoms with Gasteiger partial charge in [0.1, 0.15) is 0 Å². The Kier molecular flexibility index (Phi) is 5.14. The van der Waals surface area contributed by atoms with Gasteiger partial charge in [0.2, 0.25) is 0 Å². The van der Waals surface area contributed by atoms with Crippen LogP contribution in [-0.4, -0.2) is 27.8 Å². The van der Waals surface area contributed by atoms with Crippen LogP contribution in [0.2, 0.25) is 0 Å². The molecule has 1 heterocycles. The zero-order valence-corrected chi connectivity index (χ0v) is 12.0. The van der Waals surface area contributed by atoms with E-state index >= 15 is 0 Å². The van der Waals surface area contributed by atoms with Crippen molar-refractivity contribution in [3.8, 4) is 0 Å². The second-order valence-electron chi connectivity index (χ2n) is 4.65. The van der Waals surface area contributed by atoms with Gasteiger partial charge in [0.05, 0.1) is 11.5 Å². The van der Waals surface area contributed by atoms with Crippen molar-refractivity contribution in [1.82, 2.24) is 9.78 Å². The Morgan fingerprint density at radius 3 is 2.52 bits per heavy atom. The minimum atomic E-state index is -0.379. The number of nitrogens with one attached hydrogen (secondary N) is 2. The fraction of sp³-hybridized carbons (Fsp3) is 0.357. The van der Waals surface area contributed by atoms with Crippen molar-refractivity contribution in [2.75, 3.05) is 23.7 Å². The summed E-state index contributed by atoms with van der Waals surface area (Å²) in [5, 5.41) is 21.4. The highest BCUT2D eigenvalue weighted by molar-refractivity contribution is 5.63. The van der Waals surface area contributed by atoms with Crippen molar-refractivity contribution in [2.24, 2.45) is 0 Å². The molecular formula is C14H19N5O2. The van der Waals surface area contributed by atoms with Crippen molar-refractivity contribution in [2.45, 2.75) is 19.9 Å². The first-order valence-corrected chi connectivity index (χ1v) is 6.93. The third-order valence-corrected chi connectivity index (χ3v) is 2.94. The van der Waals surface area contributed by atoms with Crippen LogP contribution in [0.1, 0.15) is 13.3 Å². The van der Waals surface area contributed by atoms with E-state index in [0.29, 0.717) is 13.1 Å². The lowest BCUT2D eigenvalue weighted by molar-refractivity contribution is -0.384. The largest absolute Gasteiger partial charge is 0.385 e. The van der Waals surface area contributed by atoms with E-state index in [0.717, 1.165) is 24.3 Å². The van der Waals surface area contributed by atoms with Crippen LogP contribution in [0.3, 0.4) is 0 Å².